The Morgan fingerprint density at radius 1 is 0.812 bits per heavy atom. The average Bonchev–Trinajstić information content (AvgIpc) is 3.05. The lowest BCUT2D eigenvalue weighted by molar-refractivity contribution is 0.0165. The molecule has 4 amide bonds. The summed E-state index contributed by atoms with van der Waals surface area (Å²) in [6.07, 6.45) is 1.52. The number of hydrogen-bond donors (Lipinski definition) is 5. The number of hydrogen-bond acceptors (Lipinski definition) is 8. The lowest BCUT2D eigenvalue weighted by Gasteiger charge is -2.33. The molecule has 0 saturated heterocycles. The topological polar surface area (TPSA) is 159 Å². The third-order valence-corrected chi connectivity index (χ3v) is 9.44. The summed E-state index contributed by atoms with van der Waals surface area (Å²) < 4.78 is 44.6. The molecule has 1 aliphatic heterocycles. The highest BCUT2D eigenvalue weighted by atomic mass is 35.5. The van der Waals surface area contributed by atoms with E-state index >= 15 is 0 Å². The van der Waals surface area contributed by atoms with Crippen LogP contribution < -0.4 is 26.0 Å². The van der Waals surface area contributed by atoms with Crippen LogP contribution in [0, 0.1) is 0 Å². The van der Waals surface area contributed by atoms with E-state index in [-0.39, 0.29) is 36.0 Å². The minimum atomic E-state index is -3.70. The fourth-order valence-corrected chi connectivity index (χ4v) is 6.64. The molecule has 1 heterocycles. The summed E-state index contributed by atoms with van der Waals surface area (Å²) in [6.45, 7) is 7.42. The molecule has 16 heteroatoms. The molecule has 3 rings (SSSR count). The average molecular weight is 732 g/mol. The number of carbonyl (C=O) groups excluding carboxylic acids is 2. The Hall–Kier alpha value is -2.69. The molecule has 48 heavy (non-hydrogen) atoms. The van der Waals surface area contributed by atoms with E-state index in [2.05, 4.69) is 30.9 Å². The monoisotopic (exact) mass is 730 g/mol. The fraction of sp³-hybridized carbons (Fsp3) is 0.562. The smallest absolute Gasteiger partial charge is 0.314 e. The molecule has 268 valence electrons. The fourth-order valence-electron chi connectivity index (χ4n) is 5.06. The molecule has 5 N–H and O–H groups in total. The number of sulfonamides is 1. The Morgan fingerprint density at radius 3 is 2.00 bits per heavy atom. The number of benzene rings is 2. The Morgan fingerprint density at radius 2 is 1.38 bits per heavy atom. The highest BCUT2D eigenvalue weighted by Gasteiger charge is 2.27. The molecular formula is C32H48Cl2N6O7S. The SMILES string of the molecule is CCNC(=O)NCCCCNC(=O)NCCOCCOCCOCCNS(=O)(=O)c1ccc(C2CN(C)Cc3c(Cl)cc(Cl)cc32)cc1. The van der Waals surface area contributed by atoms with E-state index in [1.807, 2.05) is 32.2 Å². The minimum absolute atomic E-state index is 0.0234. The Bertz CT molecular complexity index is 1400. The molecule has 2 aromatic carbocycles. The van der Waals surface area contributed by atoms with E-state index in [9.17, 15) is 18.0 Å². The van der Waals surface area contributed by atoms with Crippen LogP contribution in [0.5, 0.6) is 0 Å². The van der Waals surface area contributed by atoms with Crippen molar-refractivity contribution in [2.45, 2.75) is 37.1 Å². The third-order valence-electron chi connectivity index (χ3n) is 7.41. The molecule has 1 aliphatic rings. The summed E-state index contributed by atoms with van der Waals surface area (Å²) >= 11 is 12.8. The number of amides is 4. The van der Waals surface area contributed by atoms with Crippen LogP contribution >= 0.6 is 23.2 Å². The first kappa shape index (κ1) is 39.7. The van der Waals surface area contributed by atoms with Crippen molar-refractivity contribution in [3.63, 3.8) is 0 Å². The van der Waals surface area contributed by atoms with Crippen LogP contribution in [0.4, 0.5) is 9.59 Å². The molecule has 1 unspecified atom stereocenters. The Kier molecular flexibility index (Phi) is 17.7. The van der Waals surface area contributed by atoms with Crippen LogP contribution in [0.15, 0.2) is 41.3 Å². The standard InChI is InChI=1S/C32H48Cl2N6O7S/c1-3-35-31(41)36-10-4-5-11-37-32(42)38-12-14-45-16-18-47-19-17-46-15-13-39-48(43,44)26-8-6-24(7-9-26)28-22-40(2)23-29-27(28)20-25(33)21-30(29)34/h6-9,20-21,28,39H,3-5,10-19,22-23H2,1-2H3,(H2,35,36,41)(H2,37,38,42). The summed E-state index contributed by atoms with van der Waals surface area (Å²) in [6, 6.07) is 10.1. The number of unbranched alkanes of at least 4 members (excludes halogenated alkanes) is 1. The zero-order valence-corrected chi connectivity index (χ0v) is 29.9. The number of carbonyl (C=O) groups is 2. The number of halogens is 2. The number of likely N-dealkylation sites (N-methyl/N-ethyl adjacent to an activating group) is 1. The van der Waals surface area contributed by atoms with Gasteiger partial charge in [0, 0.05) is 61.8 Å². The lowest BCUT2D eigenvalue weighted by atomic mass is 9.85. The summed E-state index contributed by atoms with van der Waals surface area (Å²) in [4.78, 5) is 25.4. The van der Waals surface area contributed by atoms with Gasteiger partial charge >= 0.3 is 12.1 Å². The van der Waals surface area contributed by atoms with Crippen LogP contribution in [0.1, 0.15) is 42.4 Å². The number of nitrogens with zero attached hydrogens (tertiary/aromatic N) is 1. The van der Waals surface area contributed by atoms with E-state index in [1.54, 1.807) is 18.2 Å². The van der Waals surface area contributed by atoms with Crippen molar-refractivity contribution in [1.82, 2.24) is 30.9 Å². The Balaban J connectivity index is 1.19. The van der Waals surface area contributed by atoms with Crippen molar-refractivity contribution in [2.24, 2.45) is 0 Å². The second kappa shape index (κ2) is 21.4. The quantitative estimate of drug-likeness (QED) is 0.122. The van der Waals surface area contributed by atoms with Gasteiger partial charge in [0.05, 0.1) is 44.5 Å². The number of rotatable bonds is 21. The van der Waals surface area contributed by atoms with E-state index in [0.29, 0.717) is 69.3 Å². The molecule has 0 fully saturated rings. The summed E-state index contributed by atoms with van der Waals surface area (Å²) in [5, 5.41) is 12.1. The molecule has 1 atom stereocenters. The van der Waals surface area contributed by atoms with Gasteiger partial charge in [-0.1, -0.05) is 35.3 Å². The number of urea groups is 2. The van der Waals surface area contributed by atoms with Gasteiger partial charge in [0.15, 0.2) is 0 Å². The van der Waals surface area contributed by atoms with E-state index in [1.165, 1.54) is 0 Å². The molecule has 0 bridgehead atoms. The van der Waals surface area contributed by atoms with E-state index in [0.717, 1.165) is 42.6 Å². The Labute approximate surface area is 293 Å². The molecule has 0 radical (unpaired) electrons. The van der Waals surface area contributed by atoms with E-state index in [4.69, 9.17) is 37.4 Å². The van der Waals surface area contributed by atoms with Gasteiger partial charge in [-0.3, -0.25) is 0 Å². The first-order valence-corrected chi connectivity index (χ1v) is 18.4. The van der Waals surface area contributed by atoms with Crippen molar-refractivity contribution in [3.8, 4) is 0 Å². The number of nitrogens with one attached hydrogen (secondary N) is 5. The molecule has 0 aromatic heterocycles. The molecule has 0 spiro atoms. The van der Waals surface area contributed by atoms with Crippen molar-refractivity contribution < 1.29 is 32.2 Å². The van der Waals surface area contributed by atoms with Gasteiger partial charge in [0.1, 0.15) is 0 Å². The molecule has 2 aromatic rings. The van der Waals surface area contributed by atoms with Crippen LogP contribution in [-0.4, -0.2) is 111 Å². The first-order chi connectivity index (χ1) is 23.1. The van der Waals surface area contributed by atoms with Gasteiger partial charge in [-0.15, -0.1) is 0 Å². The molecule has 0 aliphatic carbocycles. The van der Waals surface area contributed by atoms with Gasteiger partial charge < -0.3 is 40.4 Å². The maximum absolute atomic E-state index is 12.8. The van der Waals surface area contributed by atoms with Crippen molar-refractivity contribution in [2.75, 3.05) is 86.0 Å². The second-order valence-electron chi connectivity index (χ2n) is 11.2. The van der Waals surface area contributed by atoms with Crippen molar-refractivity contribution in [3.05, 3.63) is 63.1 Å². The van der Waals surface area contributed by atoms with E-state index < -0.39 is 10.0 Å². The van der Waals surface area contributed by atoms with Crippen LogP contribution in [-0.2, 0) is 30.8 Å². The molecule has 0 saturated carbocycles. The van der Waals surface area contributed by atoms with Crippen LogP contribution in [0.25, 0.3) is 0 Å². The lowest BCUT2D eigenvalue weighted by Crippen LogP contribution is -2.38. The maximum Gasteiger partial charge on any atom is 0.314 e. The maximum atomic E-state index is 12.8. The number of ether oxygens (including phenoxy) is 3. The first-order valence-electron chi connectivity index (χ1n) is 16.1. The normalized spacial score (nSPS) is 14.7. The summed E-state index contributed by atoms with van der Waals surface area (Å²) in [5.41, 5.74) is 3.09. The largest absolute Gasteiger partial charge is 0.378 e. The van der Waals surface area contributed by atoms with Gasteiger partial charge in [-0.25, -0.2) is 22.7 Å². The van der Waals surface area contributed by atoms with Gasteiger partial charge in [-0.05, 0) is 67.8 Å². The molecular weight excluding hydrogens is 683 g/mol. The van der Waals surface area contributed by atoms with Crippen molar-refractivity contribution >= 4 is 45.3 Å². The zero-order valence-electron chi connectivity index (χ0n) is 27.6. The van der Waals surface area contributed by atoms with Crippen LogP contribution in [0.2, 0.25) is 10.0 Å². The third kappa shape index (κ3) is 14.0. The zero-order chi connectivity index (χ0) is 34.8. The van der Waals surface area contributed by atoms with Gasteiger partial charge in [-0.2, -0.15) is 0 Å². The van der Waals surface area contributed by atoms with Crippen molar-refractivity contribution in [1.29, 1.82) is 0 Å². The second-order valence-corrected chi connectivity index (χ2v) is 13.8. The summed E-state index contributed by atoms with van der Waals surface area (Å²) in [7, 11) is -1.67. The predicted molar refractivity (Wildman–Crippen MR) is 186 cm³/mol. The highest BCUT2D eigenvalue weighted by molar-refractivity contribution is 7.89. The summed E-state index contributed by atoms with van der Waals surface area (Å²) in [5.74, 6) is 0.0234. The van der Waals surface area contributed by atoms with Gasteiger partial charge in [0.25, 0.3) is 0 Å². The van der Waals surface area contributed by atoms with Crippen LogP contribution in [0.3, 0.4) is 0 Å². The molecule has 13 nitrogen and oxygen atoms in total. The predicted octanol–water partition coefficient (Wildman–Crippen LogP) is 3.30. The number of fused-ring (bicyclic) bond motifs is 1. The highest BCUT2D eigenvalue weighted by Crippen LogP contribution is 2.38. The van der Waals surface area contributed by atoms with Gasteiger partial charge in [0.2, 0.25) is 10.0 Å². The minimum Gasteiger partial charge on any atom is -0.378 e.